The molecule has 4 N–H and O–H groups in total. The van der Waals surface area contributed by atoms with E-state index in [4.69, 9.17) is 15.0 Å². The monoisotopic (exact) mass is 184 g/mol. The molecule has 0 radical (unpaired) electrons. The SMILES string of the molecule is O.O.O=C([O-])[O-].[Sr+2]. The molecule has 0 amide bonds. The molecular weight excluding hydrogens is 180 g/mol. The molecule has 0 aliphatic heterocycles. The molecular formula is CH4O5Sr. The second-order valence-electron chi connectivity index (χ2n) is 0.250. The molecule has 0 fully saturated rings. The van der Waals surface area contributed by atoms with Gasteiger partial charge in [-0.2, -0.15) is 0 Å². The van der Waals surface area contributed by atoms with Crippen LogP contribution in [0.3, 0.4) is 0 Å². The Morgan fingerprint density at radius 3 is 1.14 bits per heavy atom. The molecule has 0 unspecified atom stereocenters. The van der Waals surface area contributed by atoms with E-state index in [0.29, 0.717) is 0 Å². The average molecular weight is 184 g/mol. The van der Waals surface area contributed by atoms with Gasteiger partial charge in [-0.15, -0.1) is 0 Å². The summed E-state index contributed by atoms with van der Waals surface area (Å²) in [5.41, 5.74) is 0. The molecule has 0 aliphatic rings. The third kappa shape index (κ3) is 324. The molecule has 0 rings (SSSR count). The molecule has 0 aromatic rings. The fourth-order valence-electron chi connectivity index (χ4n) is 0. The Hall–Kier alpha value is 0.671. The maximum atomic E-state index is 8.33. The summed E-state index contributed by atoms with van der Waals surface area (Å²) in [6.07, 6.45) is -2.33. The molecule has 0 atom stereocenters. The van der Waals surface area contributed by atoms with Crippen molar-refractivity contribution in [1.82, 2.24) is 0 Å². The quantitative estimate of drug-likeness (QED) is 0.352. The number of hydrogen-bond donors (Lipinski definition) is 0. The zero-order chi connectivity index (χ0) is 3.58. The minimum Gasteiger partial charge on any atom is -0.652 e. The number of hydrogen-bond acceptors (Lipinski definition) is 3. The number of rotatable bonds is 0. The van der Waals surface area contributed by atoms with Crippen molar-refractivity contribution in [2.24, 2.45) is 0 Å². The Bertz CT molecular complexity index is 31.1. The summed E-state index contributed by atoms with van der Waals surface area (Å²) in [6, 6.07) is 0. The van der Waals surface area contributed by atoms with E-state index in [1.54, 1.807) is 0 Å². The summed E-state index contributed by atoms with van der Waals surface area (Å²) in [6.45, 7) is 0. The first kappa shape index (κ1) is 25.3. The van der Waals surface area contributed by atoms with Gasteiger partial charge in [-0.1, -0.05) is 0 Å². The second kappa shape index (κ2) is 15.9. The zero-order valence-electron chi connectivity index (χ0n) is 3.43. The maximum Gasteiger partial charge on any atom is 2.00 e. The van der Waals surface area contributed by atoms with Crippen LogP contribution in [0.4, 0.5) is 4.79 Å². The van der Waals surface area contributed by atoms with Crippen LogP contribution in [0.1, 0.15) is 0 Å². The molecule has 0 bridgehead atoms. The summed E-state index contributed by atoms with van der Waals surface area (Å²) >= 11 is 0. The van der Waals surface area contributed by atoms with Crippen molar-refractivity contribution in [3.8, 4) is 0 Å². The Labute approximate surface area is 76.8 Å². The minimum atomic E-state index is -2.33. The van der Waals surface area contributed by atoms with Crippen LogP contribution in [0, 0.1) is 0 Å². The van der Waals surface area contributed by atoms with Gasteiger partial charge in [0.15, 0.2) is 0 Å². The predicted molar refractivity (Wildman–Crippen MR) is 18.4 cm³/mol. The summed E-state index contributed by atoms with van der Waals surface area (Å²) < 4.78 is 0. The Morgan fingerprint density at radius 1 is 1.14 bits per heavy atom. The van der Waals surface area contributed by atoms with E-state index in [-0.39, 0.29) is 56.4 Å². The minimum absolute atomic E-state index is 0. The number of carbonyl (C=O) groups is 1. The van der Waals surface area contributed by atoms with E-state index in [1.165, 1.54) is 0 Å². The number of carboxylic acid groups (broad SMARTS) is 2. The van der Waals surface area contributed by atoms with Gasteiger partial charge >= 0.3 is 45.5 Å². The topological polar surface area (TPSA) is 126 Å². The van der Waals surface area contributed by atoms with Crippen LogP contribution in [0.5, 0.6) is 0 Å². The molecule has 5 nitrogen and oxygen atoms in total. The van der Waals surface area contributed by atoms with Gasteiger partial charge in [0.05, 0.1) is 0 Å². The molecule has 7 heavy (non-hydrogen) atoms. The third-order valence-electron chi connectivity index (χ3n) is 0. The van der Waals surface area contributed by atoms with Gasteiger partial charge in [0.1, 0.15) is 0 Å². The molecule has 40 valence electrons. The van der Waals surface area contributed by atoms with Gasteiger partial charge in [-0.05, 0) is 6.16 Å². The first-order valence-electron chi connectivity index (χ1n) is 0.612. The Morgan fingerprint density at radius 2 is 1.14 bits per heavy atom. The van der Waals surface area contributed by atoms with Crippen LogP contribution in [-0.4, -0.2) is 62.6 Å². The van der Waals surface area contributed by atoms with Gasteiger partial charge in [0.25, 0.3) is 0 Å². The molecule has 6 heteroatoms. The molecule has 0 aliphatic carbocycles. The first-order valence-corrected chi connectivity index (χ1v) is 0.612. The van der Waals surface area contributed by atoms with E-state index in [9.17, 15) is 0 Å². The summed E-state index contributed by atoms with van der Waals surface area (Å²) in [7, 11) is 0. The van der Waals surface area contributed by atoms with Crippen LogP contribution < -0.4 is 10.2 Å². The molecule has 0 aromatic heterocycles. The van der Waals surface area contributed by atoms with Crippen LogP contribution in [0.2, 0.25) is 0 Å². The van der Waals surface area contributed by atoms with Gasteiger partial charge in [-0.25, -0.2) is 0 Å². The van der Waals surface area contributed by atoms with Gasteiger partial charge < -0.3 is 26.0 Å². The van der Waals surface area contributed by atoms with Crippen molar-refractivity contribution >= 4 is 51.6 Å². The van der Waals surface area contributed by atoms with Gasteiger partial charge in [0, 0.05) is 0 Å². The number of carbonyl (C=O) groups excluding carboxylic acids is 1. The second-order valence-corrected chi connectivity index (χ2v) is 0.250. The van der Waals surface area contributed by atoms with E-state index in [1.807, 2.05) is 0 Å². The van der Waals surface area contributed by atoms with Crippen LogP contribution in [0.15, 0.2) is 0 Å². The smallest absolute Gasteiger partial charge is 0.652 e. The van der Waals surface area contributed by atoms with Crippen molar-refractivity contribution in [1.29, 1.82) is 0 Å². The van der Waals surface area contributed by atoms with E-state index >= 15 is 0 Å². The molecule has 0 saturated heterocycles. The summed E-state index contributed by atoms with van der Waals surface area (Å²) in [5.74, 6) is 0. The summed E-state index contributed by atoms with van der Waals surface area (Å²) in [5, 5.41) is 16.7. The van der Waals surface area contributed by atoms with Crippen LogP contribution >= 0.6 is 0 Å². The van der Waals surface area contributed by atoms with E-state index in [0.717, 1.165) is 0 Å². The van der Waals surface area contributed by atoms with E-state index < -0.39 is 6.16 Å². The van der Waals surface area contributed by atoms with Gasteiger partial charge in [-0.3, -0.25) is 0 Å². The van der Waals surface area contributed by atoms with E-state index in [2.05, 4.69) is 0 Å². The van der Waals surface area contributed by atoms with Crippen molar-refractivity contribution < 1.29 is 26.0 Å². The molecule has 0 spiro atoms. The maximum absolute atomic E-state index is 8.33. The third-order valence-corrected chi connectivity index (χ3v) is 0. The molecule has 0 saturated carbocycles. The Balaban J connectivity index is -0.0000000150. The largest absolute Gasteiger partial charge is 2.00 e. The zero-order valence-corrected chi connectivity index (χ0v) is 6.91. The molecule has 0 heterocycles. The van der Waals surface area contributed by atoms with Crippen LogP contribution in [-0.2, 0) is 0 Å². The normalized spacial score (nSPS) is 3.43. The van der Waals surface area contributed by atoms with Crippen molar-refractivity contribution in [2.75, 3.05) is 0 Å². The average Bonchev–Trinajstić information content (AvgIpc) is 0.811. The Kier molecular flexibility index (Phi) is 57.6. The standard InChI is InChI=1S/CH2O3.2H2O.Sr/c2-1(3)4;;;/h(H2,2,3,4);2*1H2;/q;;;+2/p-2. The van der Waals surface area contributed by atoms with Crippen molar-refractivity contribution in [3.63, 3.8) is 0 Å². The predicted octanol–water partition coefficient (Wildman–Crippen LogP) is -4.48. The van der Waals surface area contributed by atoms with Gasteiger partial charge in [0.2, 0.25) is 0 Å². The fraction of sp³-hybridized carbons (Fsp3) is 0. The first-order chi connectivity index (χ1) is 1.73. The van der Waals surface area contributed by atoms with Crippen molar-refractivity contribution in [3.05, 3.63) is 0 Å². The molecule has 0 aromatic carbocycles. The summed E-state index contributed by atoms with van der Waals surface area (Å²) in [4.78, 5) is 8.33. The van der Waals surface area contributed by atoms with Crippen LogP contribution in [0.25, 0.3) is 0 Å². The van der Waals surface area contributed by atoms with Crippen molar-refractivity contribution in [2.45, 2.75) is 0 Å². The fourth-order valence-corrected chi connectivity index (χ4v) is 0.